The Morgan fingerprint density at radius 2 is 1.93 bits per heavy atom. The van der Waals surface area contributed by atoms with Gasteiger partial charge in [0.1, 0.15) is 11.6 Å². The Morgan fingerprint density at radius 1 is 1.14 bits per heavy atom. The van der Waals surface area contributed by atoms with Crippen LogP contribution < -0.4 is 10.1 Å². The standard InChI is InChI=1S/C22H33N3O3/c26-21(22(11-4-1-5-12-22)25-14-7-2-8-15-25)24-18-10-16-27-17-19(18)28-20-9-3-6-13-23-20/h3,6,9,13,18-19H,1-2,4-5,7-8,10-12,14-17H2,(H,24,26)/t18-,19-/m1/s1. The molecule has 1 aromatic heterocycles. The topological polar surface area (TPSA) is 63.7 Å². The Balaban J connectivity index is 1.47. The van der Waals surface area contributed by atoms with Gasteiger partial charge >= 0.3 is 0 Å². The summed E-state index contributed by atoms with van der Waals surface area (Å²) in [6.45, 7) is 3.24. The second kappa shape index (κ2) is 9.23. The van der Waals surface area contributed by atoms with Crippen molar-refractivity contribution in [2.24, 2.45) is 0 Å². The van der Waals surface area contributed by atoms with Crippen molar-refractivity contribution < 1.29 is 14.3 Å². The van der Waals surface area contributed by atoms with Crippen LogP contribution in [0.2, 0.25) is 0 Å². The van der Waals surface area contributed by atoms with E-state index >= 15 is 0 Å². The largest absolute Gasteiger partial charge is 0.470 e. The molecular weight excluding hydrogens is 354 g/mol. The number of hydrogen-bond donors (Lipinski definition) is 1. The Labute approximate surface area is 168 Å². The summed E-state index contributed by atoms with van der Waals surface area (Å²) in [6.07, 6.45) is 11.5. The van der Waals surface area contributed by atoms with Gasteiger partial charge < -0.3 is 14.8 Å². The molecule has 2 aliphatic heterocycles. The average Bonchev–Trinajstić information content (AvgIpc) is 2.77. The third kappa shape index (κ3) is 4.33. The van der Waals surface area contributed by atoms with Crippen LogP contribution in [0.5, 0.6) is 5.88 Å². The van der Waals surface area contributed by atoms with Crippen LogP contribution in [0.15, 0.2) is 24.4 Å². The van der Waals surface area contributed by atoms with Crippen molar-refractivity contribution in [2.75, 3.05) is 26.3 Å². The summed E-state index contributed by atoms with van der Waals surface area (Å²) < 4.78 is 11.7. The molecule has 3 heterocycles. The summed E-state index contributed by atoms with van der Waals surface area (Å²) in [6, 6.07) is 5.60. The molecule has 0 unspecified atom stereocenters. The first kappa shape index (κ1) is 19.6. The highest BCUT2D eigenvalue weighted by molar-refractivity contribution is 5.86. The lowest BCUT2D eigenvalue weighted by molar-refractivity contribution is -0.140. The molecule has 6 heteroatoms. The predicted octanol–water partition coefficient (Wildman–Crippen LogP) is 2.92. The third-order valence-corrected chi connectivity index (χ3v) is 6.60. The van der Waals surface area contributed by atoms with Crippen LogP contribution in [0.25, 0.3) is 0 Å². The number of pyridine rings is 1. The lowest BCUT2D eigenvalue weighted by atomic mass is 9.78. The Morgan fingerprint density at radius 3 is 2.68 bits per heavy atom. The maximum atomic E-state index is 13.6. The normalized spacial score (nSPS) is 28.4. The Bertz CT molecular complexity index is 627. The van der Waals surface area contributed by atoms with E-state index in [0.717, 1.165) is 45.2 Å². The SMILES string of the molecule is O=C(N[C@@H]1CCOC[C@H]1Oc1ccccn1)C1(N2CCCCC2)CCCCC1. The third-order valence-electron chi connectivity index (χ3n) is 6.60. The quantitative estimate of drug-likeness (QED) is 0.842. The van der Waals surface area contributed by atoms with E-state index in [1.165, 1.54) is 25.7 Å². The van der Waals surface area contributed by atoms with Gasteiger partial charge in [-0.3, -0.25) is 9.69 Å². The van der Waals surface area contributed by atoms with Crippen LogP contribution in [-0.2, 0) is 9.53 Å². The Hall–Kier alpha value is -1.66. The van der Waals surface area contributed by atoms with Gasteiger partial charge in [0.05, 0.1) is 12.6 Å². The van der Waals surface area contributed by atoms with Crippen molar-refractivity contribution in [3.05, 3.63) is 24.4 Å². The number of rotatable bonds is 5. The van der Waals surface area contributed by atoms with Gasteiger partial charge in [0.15, 0.2) is 0 Å². The minimum absolute atomic E-state index is 0.0353. The zero-order valence-corrected chi connectivity index (χ0v) is 16.8. The van der Waals surface area contributed by atoms with E-state index in [4.69, 9.17) is 9.47 Å². The van der Waals surface area contributed by atoms with Gasteiger partial charge in [-0.05, 0) is 51.3 Å². The minimum atomic E-state index is -0.327. The molecule has 1 N–H and O–H groups in total. The molecule has 1 aromatic rings. The highest BCUT2D eigenvalue weighted by atomic mass is 16.5. The van der Waals surface area contributed by atoms with Crippen LogP contribution in [0.1, 0.15) is 57.8 Å². The number of carbonyl (C=O) groups excluding carboxylic acids is 1. The van der Waals surface area contributed by atoms with Crippen molar-refractivity contribution in [3.63, 3.8) is 0 Å². The fourth-order valence-electron chi connectivity index (χ4n) is 5.01. The van der Waals surface area contributed by atoms with Gasteiger partial charge in [0.25, 0.3) is 0 Å². The number of ether oxygens (including phenoxy) is 2. The number of nitrogens with one attached hydrogen (secondary N) is 1. The molecule has 4 rings (SSSR count). The molecule has 0 spiro atoms. The highest BCUT2D eigenvalue weighted by Crippen LogP contribution is 2.36. The second-order valence-corrected chi connectivity index (χ2v) is 8.41. The summed E-state index contributed by atoms with van der Waals surface area (Å²) in [5.41, 5.74) is -0.327. The van der Waals surface area contributed by atoms with Gasteiger partial charge in [0.2, 0.25) is 11.8 Å². The smallest absolute Gasteiger partial charge is 0.240 e. The molecule has 2 saturated heterocycles. The number of hydrogen-bond acceptors (Lipinski definition) is 5. The highest BCUT2D eigenvalue weighted by Gasteiger charge is 2.46. The van der Waals surface area contributed by atoms with Crippen molar-refractivity contribution in [3.8, 4) is 5.88 Å². The fraction of sp³-hybridized carbons (Fsp3) is 0.727. The lowest BCUT2D eigenvalue weighted by Gasteiger charge is -2.47. The molecule has 2 atom stereocenters. The van der Waals surface area contributed by atoms with E-state index in [1.54, 1.807) is 6.20 Å². The van der Waals surface area contributed by atoms with Crippen LogP contribution in [0, 0.1) is 0 Å². The Kier molecular flexibility index (Phi) is 6.47. The monoisotopic (exact) mass is 387 g/mol. The number of amides is 1. The van der Waals surface area contributed by atoms with Crippen molar-refractivity contribution >= 4 is 5.91 Å². The molecule has 0 aromatic carbocycles. The summed E-state index contributed by atoms with van der Waals surface area (Å²) in [7, 11) is 0. The number of nitrogens with zero attached hydrogens (tertiary/aromatic N) is 2. The number of carbonyl (C=O) groups is 1. The van der Waals surface area contributed by atoms with Crippen LogP contribution in [0.4, 0.5) is 0 Å². The van der Waals surface area contributed by atoms with Gasteiger partial charge in [-0.2, -0.15) is 0 Å². The second-order valence-electron chi connectivity index (χ2n) is 8.41. The van der Waals surface area contributed by atoms with Gasteiger partial charge in [-0.15, -0.1) is 0 Å². The van der Waals surface area contributed by atoms with E-state index in [2.05, 4.69) is 15.2 Å². The summed E-state index contributed by atoms with van der Waals surface area (Å²) in [5.74, 6) is 0.788. The number of likely N-dealkylation sites (tertiary alicyclic amines) is 1. The number of aromatic nitrogens is 1. The van der Waals surface area contributed by atoms with Crippen LogP contribution in [-0.4, -0.2) is 59.8 Å². The average molecular weight is 388 g/mol. The first-order valence-corrected chi connectivity index (χ1v) is 11.0. The van der Waals surface area contributed by atoms with E-state index in [1.807, 2.05) is 18.2 Å². The molecule has 1 saturated carbocycles. The van der Waals surface area contributed by atoms with Crippen molar-refractivity contribution in [2.45, 2.75) is 75.5 Å². The van der Waals surface area contributed by atoms with Gasteiger partial charge in [0, 0.05) is 18.9 Å². The summed E-state index contributed by atoms with van der Waals surface area (Å²) in [5, 5.41) is 3.38. The fourth-order valence-corrected chi connectivity index (χ4v) is 5.01. The molecule has 0 radical (unpaired) electrons. The van der Waals surface area contributed by atoms with E-state index < -0.39 is 0 Å². The summed E-state index contributed by atoms with van der Waals surface area (Å²) in [4.78, 5) is 20.4. The molecule has 3 aliphatic rings. The van der Waals surface area contributed by atoms with E-state index in [0.29, 0.717) is 19.1 Å². The molecule has 3 fully saturated rings. The number of piperidine rings is 1. The maximum Gasteiger partial charge on any atom is 0.240 e. The van der Waals surface area contributed by atoms with E-state index in [-0.39, 0.29) is 23.6 Å². The molecule has 6 nitrogen and oxygen atoms in total. The zero-order chi connectivity index (χ0) is 19.2. The maximum absolute atomic E-state index is 13.6. The molecule has 1 aliphatic carbocycles. The van der Waals surface area contributed by atoms with Gasteiger partial charge in [-0.1, -0.05) is 31.7 Å². The van der Waals surface area contributed by atoms with Crippen molar-refractivity contribution in [1.29, 1.82) is 0 Å². The van der Waals surface area contributed by atoms with Crippen LogP contribution >= 0.6 is 0 Å². The molecule has 1 amide bonds. The van der Waals surface area contributed by atoms with Crippen LogP contribution in [0.3, 0.4) is 0 Å². The first-order chi connectivity index (χ1) is 13.8. The lowest BCUT2D eigenvalue weighted by Crippen LogP contribution is -2.64. The molecule has 28 heavy (non-hydrogen) atoms. The molecule has 0 bridgehead atoms. The van der Waals surface area contributed by atoms with Gasteiger partial charge in [-0.25, -0.2) is 4.98 Å². The van der Waals surface area contributed by atoms with E-state index in [9.17, 15) is 4.79 Å². The molecular formula is C22H33N3O3. The minimum Gasteiger partial charge on any atom is -0.470 e. The van der Waals surface area contributed by atoms with Crippen molar-refractivity contribution in [1.82, 2.24) is 15.2 Å². The predicted molar refractivity (Wildman–Crippen MR) is 107 cm³/mol. The molecule has 154 valence electrons. The summed E-state index contributed by atoms with van der Waals surface area (Å²) >= 11 is 0. The first-order valence-electron chi connectivity index (χ1n) is 11.0. The zero-order valence-electron chi connectivity index (χ0n) is 16.8.